The Kier molecular flexibility index (Phi) is 4.70. The lowest BCUT2D eigenvalue weighted by atomic mass is 10.1. The fourth-order valence-electron chi connectivity index (χ4n) is 1.94. The topological polar surface area (TPSA) is 71.1 Å². The number of hydrogen-bond donors (Lipinski definition) is 2. The van der Waals surface area contributed by atoms with Crippen molar-refractivity contribution in [2.24, 2.45) is 0 Å². The summed E-state index contributed by atoms with van der Waals surface area (Å²) in [6.07, 6.45) is 0.782. The molecule has 0 aliphatic rings. The molecular formula is C15H17N3O2S. The second-order valence-electron chi connectivity index (χ2n) is 4.66. The number of benzene rings is 1. The molecule has 0 spiro atoms. The largest absolute Gasteiger partial charge is 0.317 e. The van der Waals surface area contributed by atoms with Crippen LogP contribution < -0.4 is 10.6 Å². The number of anilines is 2. The number of nitrogens with one attached hydrogen (secondary N) is 2. The van der Waals surface area contributed by atoms with Gasteiger partial charge in [-0.3, -0.25) is 14.9 Å². The van der Waals surface area contributed by atoms with E-state index in [2.05, 4.69) is 15.6 Å². The van der Waals surface area contributed by atoms with Gasteiger partial charge in [-0.25, -0.2) is 4.98 Å². The first kappa shape index (κ1) is 15.2. The zero-order valence-corrected chi connectivity index (χ0v) is 13.0. The Hall–Kier alpha value is -2.21. The average Bonchev–Trinajstić information content (AvgIpc) is 2.86. The predicted molar refractivity (Wildman–Crippen MR) is 84.7 cm³/mol. The lowest BCUT2D eigenvalue weighted by Crippen LogP contribution is -2.29. The highest BCUT2D eigenvalue weighted by atomic mass is 32.1. The van der Waals surface area contributed by atoms with Gasteiger partial charge in [0.25, 0.3) is 0 Å². The zero-order chi connectivity index (χ0) is 15.4. The van der Waals surface area contributed by atoms with Crippen LogP contribution in [0.15, 0.2) is 23.6 Å². The second kappa shape index (κ2) is 6.49. The summed E-state index contributed by atoms with van der Waals surface area (Å²) in [4.78, 5) is 28.0. The quantitative estimate of drug-likeness (QED) is 0.856. The number of aryl methyl sites for hydroxylation is 3. The maximum atomic E-state index is 12.0. The smallest absolute Gasteiger partial charge is 0.315 e. The number of carbonyl (C=O) groups is 2. The van der Waals surface area contributed by atoms with E-state index < -0.39 is 11.8 Å². The van der Waals surface area contributed by atoms with E-state index in [-0.39, 0.29) is 0 Å². The second-order valence-corrected chi connectivity index (χ2v) is 5.52. The minimum Gasteiger partial charge on any atom is -0.317 e. The molecule has 0 fully saturated rings. The lowest BCUT2D eigenvalue weighted by Gasteiger charge is -2.12. The zero-order valence-electron chi connectivity index (χ0n) is 12.2. The molecule has 0 bridgehead atoms. The van der Waals surface area contributed by atoms with Crippen molar-refractivity contribution in [3.63, 3.8) is 0 Å². The summed E-state index contributed by atoms with van der Waals surface area (Å²) in [5, 5.41) is 7.41. The molecule has 0 atom stereocenters. The van der Waals surface area contributed by atoms with Crippen LogP contribution in [0.5, 0.6) is 0 Å². The molecule has 0 unspecified atom stereocenters. The van der Waals surface area contributed by atoms with E-state index >= 15 is 0 Å². The number of hydrogen-bond acceptors (Lipinski definition) is 4. The highest BCUT2D eigenvalue weighted by Crippen LogP contribution is 2.21. The van der Waals surface area contributed by atoms with Gasteiger partial charge < -0.3 is 5.32 Å². The third-order valence-corrected chi connectivity index (χ3v) is 3.90. The maximum Gasteiger partial charge on any atom is 0.315 e. The van der Waals surface area contributed by atoms with Gasteiger partial charge >= 0.3 is 11.8 Å². The summed E-state index contributed by atoms with van der Waals surface area (Å²) in [5.41, 5.74) is 3.44. The number of rotatable bonds is 3. The average molecular weight is 303 g/mol. The van der Waals surface area contributed by atoms with Crippen LogP contribution in [0.25, 0.3) is 0 Å². The molecule has 0 aliphatic carbocycles. The third-order valence-electron chi connectivity index (χ3n) is 3.02. The van der Waals surface area contributed by atoms with Crippen molar-refractivity contribution in [3.8, 4) is 0 Å². The number of aromatic nitrogens is 1. The van der Waals surface area contributed by atoms with E-state index in [9.17, 15) is 9.59 Å². The highest BCUT2D eigenvalue weighted by Gasteiger charge is 2.17. The van der Waals surface area contributed by atoms with Crippen molar-refractivity contribution >= 4 is 34.0 Å². The van der Waals surface area contributed by atoms with E-state index in [0.29, 0.717) is 10.8 Å². The molecule has 0 saturated heterocycles. The van der Waals surface area contributed by atoms with E-state index in [1.165, 1.54) is 11.3 Å². The summed E-state index contributed by atoms with van der Waals surface area (Å²) in [7, 11) is 0. The van der Waals surface area contributed by atoms with Gasteiger partial charge in [0.2, 0.25) is 0 Å². The Labute approximate surface area is 127 Å². The number of thiazole rings is 1. The minimum atomic E-state index is -0.713. The molecule has 2 amide bonds. The molecule has 0 saturated carbocycles. The van der Waals surface area contributed by atoms with Crippen molar-refractivity contribution in [1.82, 2.24) is 4.98 Å². The van der Waals surface area contributed by atoms with Gasteiger partial charge in [-0.1, -0.05) is 25.1 Å². The normalized spacial score (nSPS) is 10.2. The first-order valence-electron chi connectivity index (χ1n) is 6.64. The van der Waals surface area contributed by atoms with Crippen molar-refractivity contribution in [3.05, 3.63) is 40.4 Å². The SMILES string of the molecule is CCc1cccc(C)c1NC(=O)C(=O)Nc1nc(C)cs1. The molecule has 0 aliphatic heterocycles. The molecule has 110 valence electrons. The molecule has 1 aromatic heterocycles. The van der Waals surface area contributed by atoms with Crippen LogP contribution in [0.1, 0.15) is 23.7 Å². The van der Waals surface area contributed by atoms with Crippen molar-refractivity contribution in [1.29, 1.82) is 0 Å². The van der Waals surface area contributed by atoms with E-state index in [0.717, 1.165) is 23.2 Å². The molecule has 1 heterocycles. The molecular weight excluding hydrogens is 286 g/mol. The van der Waals surface area contributed by atoms with Crippen molar-refractivity contribution in [2.45, 2.75) is 27.2 Å². The number of para-hydroxylation sites is 1. The summed E-state index contributed by atoms with van der Waals surface area (Å²) >= 11 is 1.29. The summed E-state index contributed by atoms with van der Waals surface area (Å²) in [6, 6.07) is 5.77. The van der Waals surface area contributed by atoms with Crippen molar-refractivity contribution in [2.75, 3.05) is 10.6 Å². The van der Waals surface area contributed by atoms with E-state index in [1.807, 2.05) is 44.4 Å². The van der Waals surface area contributed by atoms with Crippen LogP contribution >= 0.6 is 11.3 Å². The monoisotopic (exact) mass is 303 g/mol. The van der Waals surface area contributed by atoms with E-state index in [1.54, 1.807) is 0 Å². The molecule has 0 radical (unpaired) electrons. The Morgan fingerprint density at radius 1 is 1.19 bits per heavy atom. The molecule has 21 heavy (non-hydrogen) atoms. The number of amides is 2. The van der Waals surface area contributed by atoms with Gasteiger partial charge in [-0.05, 0) is 31.4 Å². The first-order valence-corrected chi connectivity index (χ1v) is 7.52. The van der Waals surface area contributed by atoms with Gasteiger partial charge in [0.1, 0.15) is 0 Å². The first-order chi connectivity index (χ1) is 10.0. The lowest BCUT2D eigenvalue weighted by molar-refractivity contribution is -0.133. The van der Waals surface area contributed by atoms with Gasteiger partial charge in [-0.15, -0.1) is 11.3 Å². The summed E-state index contributed by atoms with van der Waals surface area (Å²) in [6.45, 7) is 5.73. The standard InChI is InChI=1S/C15H17N3O2S/c1-4-11-7-5-6-9(2)12(11)17-13(19)14(20)18-15-16-10(3)8-21-15/h5-8H,4H2,1-3H3,(H,17,19)(H,16,18,20). The molecule has 2 N–H and O–H groups in total. The Morgan fingerprint density at radius 2 is 1.90 bits per heavy atom. The van der Waals surface area contributed by atoms with E-state index in [4.69, 9.17) is 0 Å². The van der Waals surface area contributed by atoms with Gasteiger partial charge in [-0.2, -0.15) is 0 Å². The Bertz CT molecular complexity index is 679. The fourth-order valence-corrected chi connectivity index (χ4v) is 2.62. The van der Waals surface area contributed by atoms with Crippen LogP contribution in [0.4, 0.5) is 10.8 Å². The van der Waals surface area contributed by atoms with Crippen LogP contribution in [0.2, 0.25) is 0 Å². The number of nitrogens with zero attached hydrogens (tertiary/aromatic N) is 1. The predicted octanol–water partition coefficient (Wildman–Crippen LogP) is 2.90. The van der Waals surface area contributed by atoms with Gasteiger partial charge in [0, 0.05) is 11.1 Å². The summed E-state index contributed by atoms with van der Waals surface area (Å²) < 4.78 is 0. The van der Waals surface area contributed by atoms with Gasteiger partial charge in [0.15, 0.2) is 5.13 Å². The Balaban J connectivity index is 2.09. The molecule has 6 heteroatoms. The number of carbonyl (C=O) groups excluding carboxylic acids is 2. The van der Waals surface area contributed by atoms with Gasteiger partial charge in [0.05, 0.1) is 5.69 Å². The minimum absolute atomic E-state index is 0.424. The third kappa shape index (κ3) is 3.66. The maximum absolute atomic E-state index is 12.0. The molecule has 2 rings (SSSR count). The fraction of sp³-hybridized carbons (Fsp3) is 0.267. The van der Waals surface area contributed by atoms with Crippen molar-refractivity contribution < 1.29 is 9.59 Å². The van der Waals surface area contributed by atoms with Crippen LogP contribution in [0.3, 0.4) is 0 Å². The molecule has 5 nitrogen and oxygen atoms in total. The highest BCUT2D eigenvalue weighted by molar-refractivity contribution is 7.14. The van der Waals surface area contributed by atoms with Crippen LogP contribution in [-0.4, -0.2) is 16.8 Å². The van der Waals surface area contributed by atoms with Crippen LogP contribution in [-0.2, 0) is 16.0 Å². The summed E-state index contributed by atoms with van der Waals surface area (Å²) in [5.74, 6) is -1.40. The van der Waals surface area contributed by atoms with Crippen LogP contribution in [0, 0.1) is 13.8 Å². The molecule has 2 aromatic rings. The molecule has 1 aromatic carbocycles. The Morgan fingerprint density at radius 3 is 2.52 bits per heavy atom.